The first kappa shape index (κ1) is 22.3. The number of cyclic esters (lactones) is 1. The van der Waals surface area contributed by atoms with Crippen LogP contribution in [-0.4, -0.2) is 53.1 Å². The maximum atomic E-state index is 12.0. The third kappa shape index (κ3) is 4.97. The summed E-state index contributed by atoms with van der Waals surface area (Å²) in [5.74, 6) is 1.71. The van der Waals surface area contributed by atoms with Crippen molar-refractivity contribution in [2.24, 2.45) is 0 Å². The highest BCUT2D eigenvalue weighted by Gasteiger charge is 2.26. The van der Waals surface area contributed by atoms with Gasteiger partial charge in [-0.15, -0.1) is 0 Å². The molecule has 0 saturated carbocycles. The standard InChI is InChI=1S/C24H27N5O4/c1-4-21(30)28-11-10-17(13-28)14-32-20-8-6-18(7-9-20)16(3)26-23-25-12-19-15-33-24(31)29(5-2)22(19)27-23/h4,6-10,12,16H,1,5,11,13-15H2,2-3H3,(H,25,26,27)/t16-/m0/s1. The third-order valence-electron chi connectivity index (χ3n) is 5.62. The predicted molar refractivity (Wildman–Crippen MR) is 124 cm³/mol. The fourth-order valence-corrected chi connectivity index (χ4v) is 3.71. The Kier molecular flexibility index (Phi) is 6.58. The molecule has 172 valence electrons. The van der Waals surface area contributed by atoms with Crippen LogP contribution in [0.2, 0.25) is 0 Å². The van der Waals surface area contributed by atoms with Crippen molar-refractivity contribution in [1.82, 2.24) is 14.9 Å². The van der Waals surface area contributed by atoms with E-state index in [0.29, 0.717) is 38.0 Å². The maximum Gasteiger partial charge on any atom is 0.415 e. The lowest BCUT2D eigenvalue weighted by molar-refractivity contribution is -0.124. The monoisotopic (exact) mass is 449 g/mol. The smallest absolute Gasteiger partial charge is 0.415 e. The van der Waals surface area contributed by atoms with Crippen LogP contribution >= 0.6 is 0 Å². The Morgan fingerprint density at radius 1 is 1.36 bits per heavy atom. The Bertz CT molecular complexity index is 1080. The number of hydrogen-bond donors (Lipinski definition) is 1. The van der Waals surface area contributed by atoms with E-state index in [1.807, 2.05) is 44.2 Å². The average molecular weight is 450 g/mol. The van der Waals surface area contributed by atoms with Gasteiger partial charge in [-0.2, -0.15) is 4.98 Å². The first-order valence-electron chi connectivity index (χ1n) is 10.9. The van der Waals surface area contributed by atoms with Crippen molar-refractivity contribution < 1.29 is 19.1 Å². The second-order valence-electron chi connectivity index (χ2n) is 7.85. The molecule has 1 aromatic carbocycles. The van der Waals surface area contributed by atoms with Crippen LogP contribution in [0.15, 0.2) is 54.8 Å². The van der Waals surface area contributed by atoms with Crippen LogP contribution in [-0.2, 0) is 16.1 Å². The number of carbonyl (C=O) groups excluding carboxylic acids is 2. The van der Waals surface area contributed by atoms with Gasteiger partial charge in [0.25, 0.3) is 0 Å². The van der Waals surface area contributed by atoms with Gasteiger partial charge in [-0.3, -0.25) is 9.69 Å². The van der Waals surface area contributed by atoms with Crippen molar-refractivity contribution >= 4 is 23.8 Å². The summed E-state index contributed by atoms with van der Waals surface area (Å²) in [6.45, 7) is 9.66. The summed E-state index contributed by atoms with van der Waals surface area (Å²) in [5, 5.41) is 3.29. The Morgan fingerprint density at radius 2 is 2.15 bits per heavy atom. The molecule has 0 bridgehead atoms. The number of anilines is 2. The number of hydrogen-bond acceptors (Lipinski definition) is 7. The molecule has 0 spiro atoms. The lowest BCUT2D eigenvalue weighted by atomic mass is 10.1. The Labute approximate surface area is 192 Å². The Morgan fingerprint density at radius 3 is 2.88 bits per heavy atom. The molecule has 33 heavy (non-hydrogen) atoms. The highest BCUT2D eigenvalue weighted by molar-refractivity contribution is 5.89. The number of benzene rings is 1. The first-order chi connectivity index (χ1) is 16.0. The van der Waals surface area contributed by atoms with Gasteiger partial charge in [-0.1, -0.05) is 24.8 Å². The van der Waals surface area contributed by atoms with Gasteiger partial charge in [-0.25, -0.2) is 9.78 Å². The molecular weight excluding hydrogens is 422 g/mol. The summed E-state index contributed by atoms with van der Waals surface area (Å²) in [6.07, 6.45) is 4.63. The molecule has 3 heterocycles. The normalized spacial score (nSPS) is 15.9. The quantitative estimate of drug-likeness (QED) is 0.487. The molecule has 0 fully saturated rings. The summed E-state index contributed by atoms with van der Waals surface area (Å²) in [5.41, 5.74) is 2.89. The van der Waals surface area contributed by atoms with Gasteiger partial charge >= 0.3 is 6.09 Å². The van der Waals surface area contributed by atoms with Gasteiger partial charge in [0.15, 0.2) is 0 Å². The Hall–Kier alpha value is -3.88. The lowest BCUT2D eigenvalue weighted by Gasteiger charge is -2.27. The Balaban J connectivity index is 1.34. The zero-order valence-electron chi connectivity index (χ0n) is 18.8. The highest BCUT2D eigenvalue weighted by atomic mass is 16.6. The number of aromatic nitrogens is 2. The molecule has 2 amide bonds. The zero-order valence-corrected chi connectivity index (χ0v) is 18.8. The summed E-state index contributed by atoms with van der Waals surface area (Å²) in [6, 6.07) is 7.74. The maximum absolute atomic E-state index is 12.0. The van der Waals surface area contributed by atoms with Gasteiger partial charge in [0, 0.05) is 25.8 Å². The molecule has 2 aromatic rings. The minimum Gasteiger partial charge on any atom is -0.489 e. The summed E-state index contributed by atoms with van der Waals surface area (Å²) >= 11 is 0. The van der Waals surface area contributed by atoms with Crippen LogP contribution in [0, 0.1) is 0 Å². The molecular formula is C24H27N5O4. The number of amides is 2. The summed E-state index contributed by atoms with van der Waals surface area (Å²) in [4.78, 5) is 35.7. The van der Waals surface area contributed by atoms with Gasteiger partial charge in [0.05, 0.1) is 11.6 Å². The van der Waals surface area contributed by atoms with Crippen LogP contribution in [0.4, 0.5) is 16.6 Å². The molecule has 1 atom stereocenters. The van der Waals surface area contributed by atoms with E-state index in [1.54, 1.807) is 11.1 Å². The predicted octanol–water partition coefficient (Wildman–Crippen LogP) is 3.46. The van der Waals surface area contributed by atoms with E-state index in [-0.39, 0.29) is 18.6 Å². The van der Waals surface area contributed by atoms with Gasteiger partial charge < -0.3 is 19.7 Å². The first-order valence-corrected chi connectivity index (χ1v) is 10.9. The van der Waals surface area contributed by atoms with E-state index in [1.165, 1.54) is 11.0 Å². The molecule has 1 aromatic heterocycles. The number of nitrogens with zero attached hydrogens (tertiary/aromatic N) is 4. The van der Waals surface area contributed by atoms with Gasteiger partial charge in [-0.05, 0) is 43.2 Å². The molecule has 9 nitrogen and oxygen atoms in total. The molecule has 0 aliphatic carbocycles. The largest absolute Gasteiger partial charge is 0.489 e. The van der Waals surface area contributed by atoms with Gasteiger partial charge in [0.1, 0.15) is 24.8 Å². The molecule has 0 radical (unpaired) electrons. The molecule has 9 heteroatoms. The molecule has 2 aliphatic heterocycles. The fraction of sp³-hybridized carbons (Fsp3) is 0.333. The van der Waals surface area contributed by atoms with Crippen LogP contribution in [0.5, 0.6) is 5.75 Å². The van der Waals surface area contributed by atoms with Crippen molar-refractivity contribution in [2.45, 2.75) is 26.5 Å². The molecule has 2 aliphatic rings. The number of carbonyl (C=O) groups is 2. The van der Waals surface area contributed by atoms with Crippen LogP contribution < -0.4 is 15.0 Å². The molecule has 0 unspecified atom stereocenters. The minimum atomic E-state index is -0.397. The average Bonchev–Trinajstić information content (AvgIpc) is 3.31. The van der Waals surface area contributed by atoms with E-state index in [0.717, 1.165) is 22.4 Å². The van der Waals surface area contributed by atoms with E-state index in [9.17, 15) is 9.59 Å². The van der Waals surface area contributed by atoms with E-state index < -0.39 is 6.09 Å². The summed E-state index contributed by atoms with van der Waals surface area (Å²) < 4.78 is 11.0. The van der Waals surface area contributed by atoms with E-state index in [2.05, 4.69) is 21.9 Å². The topological polar surface area (TPSA) is 96.9 Å². The van der Waals surface area contributed by atoms with Crippen molar-refractivity contribution in [3.63, 3.8) is 0 Å². The van der Waals surface area contributed by atoms with Crippen molar-refractivity contribution in [1.29, 1.82) is 0 Å². The molecule has 1 N–H and O–H groups in total. The van der Waals surface area contributed by atoms with Crippen molar-refractivity contribution in [2.75, 3.05) is 36.5 Å². The lowest BCUT2D eigenvalue weighted by Crippen LogP contribution is -2.36. The number of nitrogens with one attached hydrogen (secondary N) is 1. The molecule has 0 saturated heterocycles. The van der Waals surface area contributed by atoms with Crippen molar-refractivity contribution in [3.8, 4) is 5.75 Å². The van der Waals surface area contributed by atoms with Crippen LogP contribution in [0.3, 0.4) is 0 Å². The number of ether oxygens (including phenoxy) is 2. The van der Waals surface area contributed by atoms with E-state index >= 15 is 0 Å². The zero-order chi connectivity index (χ0) is 23.4. The second kappa shape index (κ2) is 9.72. The van der Waals surface area contributed by atoms with Crippen molar-refractivity contribution in [3.05, 3.63) is 65.9 Å². The second-order valence-corrected chi connectivity index (χ2v) is 7.85. The SMILES string of the molecule is C=CC(=O)N1CC=C(COc2ccc([C@H](C)Nc3ncc4c(n3)N(CC)C(=O)OC4)cc2)C1. The third-order valence-corrected chi connectivity index (χ3v) is 5.62. The fourth-order valence-electron chi connectivity index (χ4n) is 3.71. The van der Waals surface area contributed by atoms with Gasteiger partial charge in [0.2, 0.25) is 11.9 Å². The molecule has 4 rings (SSSR count). The summed E-state index contributed by atoms with van der Waals surface area (Å²) in [7, 11) is 0. The van der Waals surface area contributed by atoms with E-state index in [4.69, 9.17) is 9.47 Å². The van der Waals surface area contributed by atoms with Crippen LogP contribution in [0.1, 0.15) is 31.0 Å². The minimum absolute atomic E-state index is 0.0567. The highest BCUT2D eigenvalue weighted by Crippen LogP contribution is 2.27. The number of rotatable bonds is 8. The number of fused-ring (bicyclic) bond motifs is 1. The van der Waals surface area contributed by atoms with Crippen LogP contribution in [0.25, 0.3) is 0 Å².